The van der Waals surface area contributed by atoms with Crippen LogP contribution in [0.15, 0.2) is 12.2 Å². The Kier molecular flexibility index (Phi) is 6.61. The van der Waals surface area contributed by atoms with E-state index in [1.807, 2.05) is 6.92 Å². The van der Waals surface area contributed by atoms with Crippen molar-refractivity contribution in [3.05, 3.63) is 12.2 Å². The SMILES string of the molecule is C=C1C(=O)C23C(OC(C)=O)CC4C(C)(C)CC[C@@H](OC(C)=O)[C@@]4(C)C2C(OC(C)=O)CC1C3OC(C)=O. The normalized spacial score (nSPS) is 41.6. The van der Waals surface area contributed by atoms with Crippen LogP contribution in [-0.2, 0) is 42.9 Å². The van der Waals surface area contributed by atoms with E-state index >= 15 is 0 Å². The molecular weight excluding hydrogens is 480 g/mol. The zero-order valence-electron chi connectivity index (χ0n) is 22.8. The van der Waals surface area contributed by atoms with Crippen molar-refractivity contribution in [2.24, 2.45) is 34.0 Å². The van der Waals surface area contributed by atoms with Crippen LogP contribution in [0.5, 0.6) is 0 Å². The molecule has 204 valence electrons. The summed E-state index contributed by atoms with van der Waals surface area (Å²) in [4.78, 5) is 63.8. The summed E-state index contributed by atoms with van der Waals surface area (Å²) >= 11 is 0. The van der Waals surface area contributed by atoms with Crippen LogP contribution in [0.3, 0.4) is 0 Å². The van der Waals surface area contributed by atoms with Gasteiger partial charge in [0.25, 0.3) is 0 Å². The van der Waals surface area contributed by atoms with Crippen LogP contribution in [-0.4, -0.2) is 54.1 Å². The van der Waals surface area contributed by atoms with Crippen LogP contribution in [0.2, 0.25) is 0 Å². The van der Waals surface area contributed by atoms with Crippen molar-refractivity contribution >= 4 is 29.7 Å². The first-order valence-corrected chi connectivity index (χ1v) is 13.0. The van der Waals surface area contributed by atoms with Crippen molar-refractivity contribution in [1.29, 1.82) is 0 Å². The molecule has 0 N–H and O–H groups in total. The lowest BCUT2D eigenvalue weighted by Crippen LogP contribution is -2.74. The highest BCUT2D eigenvalue weighted by molar-refractivity contribution is 6.05. The summed E-state index contributed by atoms with van der Waals surface area (Å²) in [7, 11) is 0. The highest BCUT2D eigenvalue weighted by Gasteiger charge is 2.80. The molecule has 1 spiro atoms. The van der Waals surface area contributed by atoms with E-state index in [0.29, 0.717) is 12.8 Å². The molecule has 7 unspecified atom stereocenters. The summed E-state index contributed by atoms with van der Waals surface area (Å²) in [6.45, 7) is 15.5. The summed E-state index contributed by atoms with van der Waals surface area (Å²) in [5.74, 6) is -3.98. The number of carbonyl (C=O) groups excluding carboxylic acids is 5. The maximum absolute atomic E-state index is 14.3. The highest BCUT2D eigenvalue weighted by atomic mass is 16.6. The first kappa shape index (κ1) is 27.3. The van der Waals surface area contributed by atoms with Gasteiger partial charge in [-0.3, -0.25) is 24.0 Å². The van der Waals surface area contributed by atoms with E-state index in [0.717, 1.165) is 6.42 Å². The lowest BCUT2D eigenvalue weighted by molar-refractivity contribution is -0.283. The van der Waals surface area contributed by atoms with E-state index in [4.69, 9.17) is 18.9 Å². The van der Waals surface area contributed by atoms with Crippen molar-refractivity contribution in [3.8, 4) is 0 Å². The zero-order valence-corrected chi connectivity index (χ0v) is 22.8. The molecule has 0 saturated heterocycles. The Balaban J connectivity index is 2.05. The van der Waals surface area contributed by atoms with E-state index < -0.39 is 71.0 Å². The minimum atomic E-state index is -1.53. The number of fused-ring (bicyclic) bond motifs is 3. The molecule has 4 saturated carbocycles. The van der Waals surface area contributed by atoms with E-state index in [2.05, 4.69) is 20.4 Å². The predicted octanol–water partition coefficient (Wildman–Crippen LogP) is 3.32. The Morgan fingerprint density at radius 2 is 1.35 bits per heavy atom. The van der Waals surface area contributed by atoms with Crippen LogP contribution < -0.4 is 0 Å². The highest BCUT2D eigenvalue weighted by Crippen LogP contribution is 2.72. The van der Waals surface area contributed by atoms with E-state index in [1.54, 1.807) is 0 Å². The smallest absolute Gasteiger partial charge is 0.302 e. The maximum Gasteiger partial charge on any atom is 0.302 e. The molecule has 4 rings (SSSR count). The Labute approximate surface area is 217 Å². The Hall–Kier alpha value is -2.71. The maximum atomic E-state index is 14.3. The summed E-state index contributed by atoms with van der Waals surface area (Å²) in [6.07, 6.45) is -1.44. The molecule has 37 heavy (non-hydrogen) atoms. The van der Waals surface area contributed by atoms with Gasteiger partial charge in [-0.1, -0.05) is 27.4 Å². The van der Waals surface area contributed by atoms with Gasteiger partial charge in [-0.15, -0.1) is 0 Å². The molecule has 0 aromatic heterocycles. The lowest BCUT2D eigenvalue weighted by atomic mass is 9.38. The monoisotopic (exact) mass is 518 g/mol. The van der Waals surface area contributed by atoms with Crippen molar-refractivity contribution in [1.82, 2.24) is 0 Å². The lowest BCUT2D eigenvalue weighted by Gasteiger charge is -2.67. The van der Waals surface area contributed by atoms with Gasteiger partial charge in [0.2, 0.25) is 0 Å². The topological polar surface area (TPSA) is 122 Å². The van der Waals surface area contributed by atoms with Crippen molar-refractivity contribution < 1.29 is 42.9 Å². The molecule has 0 aromatic rings. The fourth-order valence-corrected chi connectivity index (χ4v) is 8.69. The molecule has 0 aliphatic heterocycles. The van der Waals surface area contributed by atoms with Crippen molar-refractivity contribution in [3.63, 3.8) is 0 Å². The largest absolute Gasteiger partial charge is 0.462 e. The molecule has 4 aliphatic rings. The third-order valence-corrected chi connectivity index (χ3v) is 9.66. The fraction of sp³-hybridized carbons (Fsp3) is 0.750. The predicted molar refractivity (Wildman–Crippen MR) is 130 cm³/mol. The van der Waals surface area contributed by atoms with Gasteiger partial charge >= 0.3 is 23.9 Å². The van der Waals surface area contributed by atoms with Gasteiger partial charge in [-0.2, -0.15) is 0 Å². The standard InChI is InChI=1S/C28H38O9/c1-13-18-11-19(34-14(2)29)23-27(8)20(26(6,7)10-9-21(27)35-15(3)30)12-22(36-16(4)31)28(23,24(13)33)25(18)37-17(5)32/h18-23,25H,1,9-12H2,2-8H3/t18?,19?,20?,21-,22?,23?,25?,27+,28?/m1/s1. The Morgan fingerprint density at radius 1 is 0.811 bits per heavy atom. The van der Waals surface area contributed by atoms with Crippen LogP contribution in [0.25, 0.3) is 0 Å². The number of Topliss-reactive ketones (excluding diaryl/α,β-unsaturated/α-hetero) is 1. The van der Waals surface area contributed by atoms with Gasteiger partial charge < -0.3 is 18.9 Å². The number of hydrogen-bond acceptors (Lipinski definition) is 9. The number of ether oxygens (including phenoxy) is 4. The second-order valence-electron chi connectivity index (χ2n) is 12.2. The summed E-state index contributed by atoms with van der Waals surface area (Å²) < 4.78 is 23.7. The van der Waals surface area contributed by atoms with Crippen LogP contribution in [0, 0.1) is 34.0 Å². The van der Waals surface area contributed by atoms with E-state index in [-0.39, 0.29) is 29.1 Å². The number of hydrogen-bond donors (Lipinski definition) is 0. The number of ketones is 1. The summed E-state index contributed by atoms with van der Waals surface area (Å²) in [6, 6.07) is 0. The molecule has 0 heterocycles. The van der Waals surface area contributed by atoms with Crippen molar-refractivity contribution in [2.75, 3.05) is 0 Å². The third-order valence-electron chi connectivity index (χ3n) is 9.66. The Morgan fingerprint density at radius 3 is 1.89 bits per heavy atom. The zero-order chi connectivity index (χ0) is 27.7. The van der Waals surface area contributed by atoms with Gasteiger partial charge in [0.15, 0.2) is 5.78 Å². The average molecular weight is 519 g/mol. The minimum absolute atomic E-state index is 0.174. The van der Waals surface area contributed by atoms with Crippen LogP contribution in [0.4, 0.5) is 0 Å². The van der Waals surface area contributed by atoms with Gasteiger partial charge in [0.1, 0.15) is 29.8 Å². The van der Waals surface area contributed by atoms with Gasteiger partial charge in [0.05, 0.1) is 0 Å². The van der Waals surface area contributed by atoms with E-state index in [1.165, 1.54) is 27.7 Å². The molecule has 0 radical (unpaired) electrons. The summed E-state index contributed by atoms with van der Waals surface area (Å²) in [5.41, 5.74) is -2.41. The summed E-state index contributed by atoms with van der Waals surface area (Å²) in [5, 5.41) is 0. The number of carbonyl (C=O) groups is 5. The quantitative estimate of drug-likeness (QED) is 0.313. The molecule has 9 nitrogen and oxygen atoms in total. The number of esters is 4. The van der Waals surface area contributed by atoms with Gasteiger partial charge in [-0.25, -0.2) is 0 Å². The molecule has 9 atom stereocenters. The Bertz CT molecular complexity index is 1060. The molecule has 0 aromatic carbocycles. The van der Waals surface area contributed by atoms with Crippen LogP contribution in [0.1, 0.15) is 74.1 Å². The number of rotatable bonds is 4. The third kappa shape index (κ3) is 3.91. The molecule has 4 aliphatic carbocycles. The second-order valence-corrected chi connectivity index (χ2v) is 12.2. The average Bonchev–Trinajstić information content (AvgIpc) is 2.87. The molecule has 2 bridgehead atoms. The first-order chi connectivity index (χ1) is 17.1. The first-order valence-electron chi connectivity index (χ1n) is 13.0. The molecular formula is C28H38O9. The molecule has 4 fully saturated rings. The van der Waals surface area contributed by atoms with Crippen LogP contribution >= 0.6 is 0 Å². The minimum Gasteiger partial charge on any atom is -0.462 e. The van der Waals surface area contributed by atoms with Gasteiger partial charge in [0, 0.05) is 44.9 Å². The van der Waals surface area contributed by atoms with Crippen molar-refractivity contribution in [2.45, 2.75) is 98.6 Å². The second kappa shape index (κ2) is 8.95. The van der Waals surface area contributed by atoms with E-state index in [9.17, 15) is 24.0 Å². The molecule has 0 amide bonds. The fourth-order valence-electron chi connectivity index (χ4n) is 8.69. The molecule has 9 heteroatoms. The van der Waals surface area contributed by atoms with Gasteiger partial charge in [-0.05, 0) is 42.6 Å².